The SMILES string of the molecule is Cc1ccccc1C(=O)C(C(=O)O)c1ccc2c(c1)OCO2. The van der Waals surface area contributed by atoms with E-state index < -0.39 is 17.7 Å². The van der Waals surface area contributed by atoms with Crippen molar-refractivity contribution in [3.05, 3.63) is 59.2 Å². The summed E-state index contributed by atoms with van der Waals surface area (Å²) in [4.78, 5) is 24.3. The lowest BCUT2D eigenvalue weighted by Crippen LogP contribution is -2.22. The van der Waals surface area contributed by atoms with Gasteiger partial charge in [0.25, 0.3) is 0 Å². The van der Waals surface area contributed by atoms with E-state index in [1.807, 2.05) is 6.07 Å². The van der Waals surface area contributed by atoms with Crippen LogP contribution in [-0.4, -0.2) is 23.7 Å². The zero-order valence-electron chi connectivity index (χ0n) is 11.9. The van der Waals surface area contributed by atoms with Gasteiger partial charge in [0.15, 0.2) is 17.3 Å². The molecule has 0 aliphatic carbocycles. The van der Waals surface area contributed by atoms with Crippen LogP contribution in [0.3, 0.4) is 0 Å². The van der Waals surface area contributed by atoms with E-state index in [2.05, 4.69) is 0 Å². The summed E-state index contributed by atoms with van der Waals surface area (Å²) >= 11 is 0. The van der Waals surface area contributed by atoms with Crippen molar-refractivity contribution in [1.29, 1.82) is 0 Å². The van der Waals surface area contributed by atoms with Crippen LogP contribution in [0.15, 0.2) is 42.5 Å². The largest absolute Gasteiger partial charge is 0.480 e. The molecule has 112 valence electrons. The van der Waals surface area contributed by atoms with Crippen molar-refractivity contribution >= 4 is 11.8 Å². The molecule has 0 bridgehead atoms. The van der Waals surface area contributed by atoms with Gasteiger partial charge in [0, 0.05) is 5.56 Å². The molecule has 1 N–H and O–H groups in total. The summed E-state index contributed by atoms with van der Waals surface area (Å²) in [5.41, 5.74) is 1.54. The molecule has 0 saturated heterocycles. The Labute approximate surface area is 127 Å². The average Bonchev–Trinajstić information content (AvgIpc) is 2.95. The molecule has 0 spiro atoms. The highest BCUT2D eigenvalue weighted by Gasteiger charge is 2.31. The lowest BCUT2D eigenvalue weighted by Gasteiger charge is -2.14. The monoisotopic (exact) mass is 298 g/mol. The van der Waals surface area contributed by atoms with E-state index in [1.54, 1.807) is 43.3 Å². The van der Waals surface area contributed by atoms with Gasteiger partial charge >= 0.3 is 5.97 Å². The summed E-state index contributed by atoms with van der Waals surface area (Å²) in [5, 5.41) is 9.50. The third-order valence-electron chi connectivity index (χ3n) is 3.65. The van der Waals surface area contributed by atoms with Gasteiger partial charge in [0.2, 0.25) is 6.79 Å². The van der Waals surface area contributed by atoms with Crippen LogP contribution < -0.4 is 9.47 Å². The van der Waals surface area contributed by atoms with Crippen molar-refractivity contribution in [3.8, 4) is 11.5 Å². The first-order valence-corrected chi connectivity index (χ1v) is 6.80. The molecule has 2 aromatic rings. The number of hydrogen-bond donors (Lipinski definition) is 1. The van der Waals surface area contributed by atoms with Crippen molar-refractivity contribution in [3.63, 3.8) is 0 Å². The van der Waals surface area contributed by atoms with Crippen LogP contribution in [0.5, 0.6) is 11.5 Å². The molecule has 1 atom stereocenters. The summed E-state index contributed by atoms with van der Waals surface area (Å²) in [5.74, 6) is -1.88. The Kier molecular flexibility index (Phi) is 3.55. The molecule has 2 aromatic carbocycles. The highest BCUT2D eigenvalue weighted by Crippen LogP contribution is 2.35. The van der Waals surface area contributed by atoms with Crippen LogP contribution in [0, 0.1) is 6.92 Å². The molecule has 1 aliphatic rings. The second kappa shape index (κ2) is 5.52. The molecule has 0 amide bonds. The van der Waals surface area contributed by atoms with Gasteiger partial charge in [-0.2, -0.15) is 0 Å². The fraction of sp³-hybridized carbons (Fsp3) is 0.176. The minimum absolute atomic E-state index is 0.0995. The smallest absolute Gasteiger partial charge is 0.318 e. The molecular weight excluding hydrogens is 284 g/mol. The zero-order chi connectivity index (χ0) is 15.7. The number of hydrogen-bond acceptors (Lipinski definition) is 4. The molecule has 1 heterocycles. The maximum absolute atomic E-state index is 12.7. The highest BCUT2D eigenvalue weighted by molar-refractivity contribution is 6.13. The molecule has 5 nitrogen and oxygen atoms in total. The number of fused-ring (bicyclic) bond motifs is 1. The molecular formula is C17H14O5. The van der Waals surface area contributed by atoms with Crippen molar-refractivity contribution in [2.45, 2.75) is 12.8 Å². The van der Waals surface area contributed by atoms with E-state index >= 15 is 0 Å². The van der Waals surface area contributed by atoms with E-state index in [0.29, 0.717) is 22.6 Å². The Morgan fingerprint density at radius 1 is 1.09 bits per heavy atom. The van der Waals surface area contributed by atoms with Gasteiger partial charge in [0.1, 0.15) is 5.92 Å². The molecule has 1 unspecified atom stereocenters. The predicted molar refractivity (Wildman–Crippen MR) is 78.5 cm³/mol. The number of aliphatic carboxylic acids is 1. The molecule has 0 aromatic heterocycles. The van der Waals surface area contributed by atoms with Gasteiger partial charge in [-0.1, -0.05) is 30.3 Å². The molecule has 1 aliphatic heterocycles. The van der Waals surface area contributed by atoms with E-state index in [4.69, 9.17) is 9.47 Å². The molecule has 0 saturated carbocycles. The maximum atomic E-state index is 12.7. The molecule has 22 heavy (non-hydrogen) atoms. The van der Waals surface area contributed by atoms with Gasteiger partial charge in [-0.25, -0.2) is 0 Å². The summed E-state index contributed by atoms with van der Waals surface area (Å²) < 4.78 is 10.5. The van der Waals surface area contributed by atoms with E-state index in [0.717, 1.165) is 5.56 Å². The van der Waals surface area contributed by atoms with Crippen LogP contribution in [0.1, 0.15) is 27.4 Å². The first-order chi connectivity index (χ1) is 10.6. The molecule has 5 heteroatoms. The number of carbonyl (C=O) groups excluding carboxylic acids is 1. The van der Waals surface area contributed by atoms with Crippen LogP contribution in [0.25, 0.3) is 0 Å². The first-order valence-electron chi connectivity index (χ1n) is 6.80. The summed E-state index contributed by atoms with van der Waals surface area (Å²) in [6.07, 6.45) is 0. The maximum Gasteiger partial charge on any atom is 0.318 e. The Balaban J connectivity index is 2.02. The van der Waals surface area contributed by atoms with E-state index in [-0.39, 0.29) is 6.79 Å². The molecule has 0 fully saturated rings. The Morgan fingerprint density at radius 3 is 2.55 bits per heavy atom. The lowest BCUT2D eigenvalue weighted by molar-refractivity contribution is -0.137. The normalized spacial score (nSPS) is 13.7. The van der Waals surface area contributed by atoms with Gasteiger partial charge in [-0.05, 0) is 30.2 Å². The fourth-order valence-electron chi connectivity index (χ4n) is 2.50. The molecule has 3 rings (SSSR count). The second-order valence-electron chi connectivity index (χ2n) is 5.06. The van der Waals surface area contributed by atoms with Gasteiger partial charge < -0.3 is 14.6 Å². The number of ether oxygens (including phenoxy) is 2. The summed E-state index contributed by atoms with van der Waals surface area (Å²) in [6.45, 7) is 1.88. The number of ketones is 1. The van der Waals surface area contributed by atoms with Crippen LogP contribution in [0.2, 0.25) is 0 Å². The number of carbonyl (C=O) groups is 2. The minimum atomic E-state index is -1.27. The summed E-state index contributed by atoms with van der Waals surface area (Å²) in [6, 6.07) is 11.7. The van der Waals surface area contributed by atoms with Crippen LogP contribution in [0.4, 0.5) is 0 Å². The van der Waals surface area contributed by atoms with Crippen molar-refractivity contribution in [2.24, 2.45) is 0 Å². The number of carboxylic acid groups (broad SMARTS) is 1. The van der Waals surface area contributed by atoms with Crippen LogP contribution in [-0.2, 0) is 4.79 Å². The standard InChI is InChI=1S/C17H14O5/c1-10-4-2-3-5-12(10)16(18)15(17(19)20)11-6-7-13-14(8-11)22-9-21-13/h2-8,15H,9H2,1H3,(H,19,20). The van der Waals surface area contributed by atoms with Crippen molar-refractivity contribution in [2.75, 3.05) is 6.79 Å². The predicted octanol–water partition coefficient (Wildman–Crippen LogP) is 2.77. The van der Waals surface area contributed by atoms with Gasteiger partial charge in [-0.15, -0.1) is 0 Å². The Morgan fingerprint density at radius 2 is 1.82 bits per heavy atom. The summed E-state index contributed by atoms with van der Waals surface area (Å²) in [7, 11) is 0. The Bertz CT molecular complexity index is 750. The number of carboxylic acids is 1. The molecule has 0 radical (unpaired) electrons. The number of aryl methyl sites for hydroxylation is 1. The van der Waals surface area contributed by atoms with Crippen molar-refractivity contribution in [1.82, 2.24) is 0 Å². The topological polar surface area (TPSA) is 72.8 Å². The van der Waals surface area contributed by atoms with Crippen molar-refractivity contribution < 1.29 is 24.2 Å². The number of Topliss-reactive ketones (excluding diaryl/α,β-unsaturated/α-hetero) is 1. The average molecular weight is 298 g/mol. The number of rotatable bonds is 4. The van der Waals surface area contributed by atoms with Gasteiger partial charge in [0.05, 0.1) is 0 Å². The van der Waals surface area contributed by atoms with E-state index in [1.165, 1.54) is 0 Å². The second-order valence-corrected chi connectivity index (χ2v) is 5.06. The first kappa shape index (κ1) is 14.1. The van der Waals surface area contributed by atoms with E-state index in [9.17, 15) is 14.7 Å². The zero-order valence-corrected chi connectivity index (χ0v) is 11.9. The lowest BCUT2D eigenvalue weighted by atomic mass is 9.89. The Hall–Kier alpha value is -2.82. The van der Waals surface area contributed by atoms with Crippen LogP contribution >= 0.6 is 0 Å². The minimum Gasteiger partial charge on any atom is -0.480 e. The fourth-order valence-corrected chi connectivity index (χ4v) is 2.50. The number of benzene rings is 2. The third kappa shape index (κ3) is 2.41. The highest BCUT2D eigenvalue weighted by atomic mass is 16.7. The van der Waals surface area contributed by atoms with Gasteiger partial charge in [-0.3, -0.25) is 9.59 Å². The quantitative estimate of drug-likeness (QED) is 0.694. The third-order valence-corrected chi connectivity index (χ3v) is 3.65.